The van der Waals surface area contributed by atoms with Crippen LogP contribution in [-0.4, -0.2) is 25.1 Å². The van der Waals surface area contributed by atoms with E-state index in [2.05, 4.69) is 10.6 Å². The predicted octanol–water partition coefficient (Wildman–Crippen LogP) is 1.11. The smallest absolute Gasteiger partial charge is 0.316 e. The third kappa shape index (κ3) is 4.13. The van der Waals surface area contributed by atoms with Crippen molar-refractivity contribution in [3.05, 3.63) is 18.2 Å². The molecule has 0 saturated heterocycles. The van der Waals surface area contributed by atoms with Crippen molar-refractivity contribution in [2.45, 2.75) is 19.9 Å². The Hall–Kier alpha value is -2.28. The molecule has 0 aliphatic rings. The molecule has 0 aliphatic carbocycles. The van der Waals surface area contributed by atoms with Crippen LogP contribution in [0, 0.1) is 5.92 Å². The highest BCUT2D eigenvalue weighted by Crippen LogP contribution is 2.28. The van der Waals surface area contributed by atoms with Crippen LogP contribution in [0.15, 0.2) is 18.2 Å². The molecule has 0 heterocycles. The van der Waals surface area contributed by atoms with Crippen molar-refractivity contribution in [1.82, 2.24) is 0 Å². The summed E-state index contributed by atoms with van der Waals surface area (Å²) in [5, 5.41) is 5.16. The number of hydrogen-bond acceptors (Lipinski definition) is 4. The zero-order valence-electron chi connectivity index (χ0n) is 11.8. The second-order valence-electron chi connectivity index (χ2n) is 4.54. The molecule has 7 nitrogen and oxygen atoms in total. The lowest BCUT2D eigenvalue weighted by molar-refractivity contribution is -0.119. The van der Waals surface area contributed by atoms with Crippen molar-refractivity contribution in [3.8, 4) is 5.75 Å². The van der Waals surface area contributed by atoms with Gasteiger partial charge < -0.3 is 26.8 Å². The lowest BCUT2D eigenvalue weighted by Gasteiger charge is -2.16. The van der Waals surface area contributed by atoms with E-state index in [1.807, 2.05) is 0 Å². The van der Waals surface area contributed by atoms with Crippen LogP contribution in [0.4, 0.5) is 16.2 Å². The van der Waals surface area contributed by atoms with Crippen LogP contribution >= 0.6 is 0 Å². The average Bonchev–Trinajstić information content (AvgIpc) is 2.38. The van der Waals surface area contributed by atoms with Gasteiger partial charge >= 0.3 is 6.03 Å². The number of methoxy groups -OCH3 is 1. The Labute approximate surface area is 117 Å². The molecule has 20 heavy (non-hydrogen) atoms. The van der Waals surface area contributed by atoms with E-state index in [1.54, 1.807) is 32.0 Å². The fraction of sp³-hybridized carbons (Fsp3) is 0.385. The van der Waals surface area contributed by atoms with E-state index in [0.29, 0.717) is 17.1 Å². The van der Waals surface area contributed by atoms with Crippen LogP contribution in [0.25, 0.3) is 0 Å². The van der Waals surface area contributed by atoms with Gasteiger partial charge in [0.25, 0.3) is 0 Å². The molecule has 2 atom stereocenters. The first-order chi connectivity index (χ1) is 9.35. The summed E-state index contributed by atoms with van der Waals surface area (Å²) < 4.78 is 5.13. The minimum Gasteiger partial charge on any atom is -0.494 e. The quantitative estimate of drug-likeness (QED) is 0.645. The number of anilines is 2. The summed E-state index contributed by atoms with van der Waals surface area (Å²) in [5.74, 6) is -0.0999. The van der Waals surface area contributed by atoms with Gasteiger partial charge in [0.2, 0.25) is 5.91 Å². The molecule has 6 N–H and O–H groups in total. The highest BCUT2D eigenvalue weighted by atomic mass is 16.5. The number of amides is 3. The molecule has 1 rings (SSSR count). The lowest BCUT2D eigenvalue weighted by Crippen LogP contribution is -2.34. The molecule has 0 bridgehead atoms. The maximum absolute atomic E-state index is 11.9. The summed E-state index contributed by atoms with van der Waals surface area (Å²) in [6.07, 6.45) is 0. The number of nitrogens with two attached hydrogens (primary N) is 2. The average molecular weight is 280 g/mol. The molecule has 3 amide bonds. The Bertz CT molecular complexity index is 502. The molecular formula is C13H20N4O3. The number of rotatable bonds is 5. The van der Waals surface area contributed by atoms with E-state index in [1.165, 1.54) is 7.11 Å². The standard InChI is InChI=1S/C13H20N4O3/c1-7(8(2)14)12(18)16-9-4-5-10(17-13(15)19)11(6-9)20-3/h4-8H,14H2,1-3H3,(H,16,18)(H3,15,17,19). The van der Waals surface area contributed by atoms with Gasteiger partial charge in [0.15, 0.2) is 0 Å². The first kappa shape index (κ1) is 15.8. The fourth-order valence-electron chi connectivity index (χ4n) is 1.50. The van der Waals surface area contributed by atoms with Gasteiger partial charge in [0.1, 0.15) is 5.75 Å². The predicted molar refractivity (Wildman–Crippen MR) is 77.6 cm³/mol. The van der Waals surface area contributed by atoms with Crippen molar-refractivity contribution in [2.75, 3.05) is 17.7 Å². The number of carbonyl (C=O) groups excluding carboxylic acids is 2. The Morgan fingerprint density at radius 1 is 1.25 bits per heavy atom. The number of carbonyl (C=O) groups is 2. The SMILES string of the molecule is COc1cc(NC(=O)C(C)C(C)N)ccc1NC(N)=O. The van der Waals surface area contributed by atoms with Crippen LogP contribution in [0.2, 0.25) is 0 Å². The van der Waals surface area contributed by atoms with Crippen molar-refractivity contribution in [1.29, 1.82) is 0 Å². The monoisotopic (exact) mass is 280 g/mol. The molecule has 7 heteroatoms. The van der Waals surface area contributed by atoms with Crippen LogP contribution in [0.3, 0.4) is 0 Å². The lowest BCUT2D eigenvalue weighted by atomic mass is 10.0. The van der Waals surface area contributed by atoms with E-state index >= 15 is 0 Å². The van der Waals surface area contributed by atoms with Gasteiger partial charge in [0, 0.05) is 17.8 Å². The molecule has 1 aromatic rings. The molecule has 2 unspecified atom stereocenters. The summed E-state index contributed by atoms with van der Waals surface area (Å²) in [6, 6.07) is 3.89. The largest absolute Gasteiger partial charge is 0.494 e. The van der Waals surface area contributed by atoms with Gasteiger partial charge in [-0.2, -0.15) is 0 Å². The Balaban J connectivity index is 2.88. The van der Waals surface area contributed by atoms with Gasteiger partial charge in [-0.3, -0.25) is 4.79 Å². The minimum atomic E-state index is -0.689. The highest BCUT2D eigenvalue weighted by Gasteiger charge is 2.17. The van der Waals surface area contributed by atoms with E-state index < -0.39 is 6.03 Å². The zero-order chi connectivity index (χ0) is 15.3. The number of ether oxygens (including phenoxy) is 1. The molecule has 110 valence electrons. The third-order valence-electron chi connectivity index (χ3n) is 2.93. The molecule has 0 aliphatic heterocycles. The second kappa shape index (κ2) is 6.76. The number of nitrogens with one attached hydrogen (secondary N) is 2. The van der Waals surface area contributed by atoms with Gasteiger partial charge in [-0.05, 0) is 19.1 Å². The molecular weight excluding hydrogens is 260 g/mol. The Morgan fingerprint density at radius 3 is 2.40 bits per heavy atom. The molecule has 0 saturated carbocycles. The maximum atomic E-state index is 11.9. The van der Waals surface area contributed by atoms with Gasteiger partial charge in [-0.15, -0.1) is 0 Å². The van der Waals surface area contributed by atoms with Crippen molar-refractivity contribution in [2.24, 2.45) is 17.4 Å². The molecule has 0 fully saturated rings. The van der Waals surface area contributed by atoms with Crippen LogP contribution in [-0.2, 0) is 4.79 Å². The van der Waals surface area contributed by atoms with Gasteiger partial charge in [-0.1, -0.05) is 6.92 Å². The van der Waals surface area contributed by atoms with E-state index in [0.717, 1.165) is 0 Å². The van der Waals surface area contributed by atoms with Crippen LogP contribution < -0.4 is 26.8 Å². The van der Waals surface area contributed by atoms with Crippen LogP contribution in [0.5, 0.6) is 5.75 Å². The highest BCUT2D eigenvalue weighted by molar-refractivity contribution is 5.94. The molecule has 0 aromatic heterocycles. The van der Waals surface area contributed by atoms with Crippen molar-refractivity contribution < 1.29 is 14.3 Å². The zero-order valence-corrected chi connectivity index (χ0v) is 11.8. The first-order valence-electron chi connectivity index (χ1n) is 6.16. The summed E-state index contributed by atoms with van der Waals surface area (Å²) in [5.41, 5.74) is 11.7. The van der Waals surface area contributed by atoms with Gasteiger partial charge in [0.05, 0.1) is 18.7 Å². The number of urea groups is 1. The van der Waals surface area contributed by atoms with Gasteiger partial charge in [-0.25, -0.2) is 4.79 Å². The number of hydrogen-bond donors (Lipinski definition) is 4. The molecule has 1 aromatic carbocycles. The van der Waals surface area contributed by atoms with E-state index in [-0.39, 0.29) is 17.9 Å². The fourth-order valence-corrected chi connectivity index (χ4v) is 1.50. The number of primary amides is 1. The summed E-state index contributed by atoms with van der Waals surface area (Å²) >= 11 is 0. The summed E-state index contributed by atoms with van der Waals surface area (Å²) in [7, 11) is 1.46. The first-order valence-corrected chi connectivity index (χ1v) is 6.16. The second-order valence-corrected chi connectivity index (χ2v) is 4.54. The van der Waals surface area contributed by atoms with E-state index in [4.69, 9.17) is 16.2 Å². The number of benzene rings is 1. The molecule has 0 spiro atoms. The minimum absolute atomic E-state index is 0.183. The van der Waals surface area contributed by atoms with Crippen molar-refractivity contribution >= 4 is 23.3 Å². The van der Waals surface area contributed by atoms with E-state index in [9.17, 15) is 9.59 Å². The molecule has 0 radical (unpaired) electrons. The summed E-state index contributed by atoms with van der Waals surface area (Å²) in [4.78, 5) is 22.7. The topological polar surface area (TPSA) is 119 Å². The third-order valence-corrected chi connectivity index (χ3v) is 2.93. The Morgan fingerprint density at radius 2 is 1.90 bits per heavy atom. The maximum Gasteiger partial charge on any atom is 0.316 e. The summed E-state index contributed by atoms with van der Waals surface area (Å²) in [6.45, 7) is 3.52. The van der Waals surface area contributed by atoms with Crippen molar-refractivity contribution in [3.63, 3.8) is 0 Å². The van der Waals surface area contributed by atoms with Crippen LogP contribution in [0.1, 0.15) is 13.8 Å². The normalized spacial score (nSPS) is 13.2. The Kier molecular flexibility index (Phi) is 5.33.